The maximum Gasteiger partial charge on any atom is 0.418 e. The summed E-state index contributed by atoms with van der Waals surface area (Å²) in [5.74, 6) is -5.36. The highest BCUT2D eigenvalue weighted by atomic mass is 35.5. The number of azo groups is 2. The smallest absolute Gasteiger partial charge is 0.324 e. The highest BCUT2D eigenvalue weighted by Gasteiger charge is 2.36. The van der Waals surface area contributed by atoms with Gasteiger partial charge in [0.15, 0.2) is 11.6 Å². The van der Waals surface area contributed by atoms with Gasteiger partial charge in [0.1, 0.15) is 0 Å². The fraction of sp³-hybridized carbons (Fsp3) is 0.217. The SMILES string of the molecule is CCc1cc(NC(=O)C(N=Nc2cc(Cl)cc(C(=O)Nc3ccc(Cl)cc3C(F)(F)F)c2)C(C)=O)cc(CC)c1NC(=O)C(N=Nc1cc(Cl)cc(C(=O)Nc2ccc(Cl)cc2C(F)(F)F)c1)C(C)=O. The Morgan fingerprint density at radius 2 is 0.900 bits per heavy atom. The van der Waals surface area contributed by atoms with Crippen molar-refractivity contribution in [3.63, 3.8) is 0 Å². The Labute approximate surface area is 414 Å². The van der Waals surface area contributed by atoms with Crippen molar-refractivity contribution in [2.24, 2.45) is 20.5 Å². The summed E-state index contributed by atoms with van der Waals surface area (Å²) in [4.78, 5) is 78.7. The summed E-state index contributed by atoms with van der Waals surface area (Å²) in [6, 6.07) is 12.1. The van der Waals surface area contributed by atoms with Crippen LogP contribution in [0.5, 0.6) is 0 Å². The summed E-state index contributed by atoms with van der Waals surface area (Å²) in [5, 5.41) is 24.7. The molecule has 0 aromatic heterocycles. The van der Waals surface area contributed by atoms with Crippen LogP contribution in [0.2, 0.25) is 20.1 Å². The number of nitrogens with zero attached hydrogens (tertiary/aromatic N) is 4. The Morgan fingerprint density at radius 1 is 0.514 bits per heavy atom. The molecule has 5 aromatic rings. The molecule has 5 rings (SSSR count). The third-order valence-corrected chi connectivity index (χ3v) is 10.7. The van der Waals surface area contributed by atoms with Crippen LogP contribution in [-0.2, 0) is 44.4 Å². The van der Waals surface area contributed by atoms with Crippen molar-refractivity contribution in [2.75, 3.05) is 21.3 Å². The van der Waals surface area contributed by atoms with E-state index in [9.17, 15) is 55.1 Å². The Kier molecular flexibility index (Phi) is 17.6. The Bertz CT molecular complexity index is 2940. The first kappa shape index (κ1) is 54.2. The van der Waals surface area contributed by atoms with E-state index in [4.69, 9.17) is 46.4 Å². The number of nitrogens with one attached hydrogen (secondary N) is 4. The lowest BCUT2D eigenvalue weighted by atomic mass is 10.0. The molecule has 0 fully saturated rings. The first-order chi connectivity index (χ1) is 32.8. The number of anilines is 4. The van der Waals surface area contributed by atoms with Crippen molar-refractivity contribution < 1.29 is 55.1 Å². The molecule has 5 aromatic carbocycles. The minimum atomic E-state index is -4.85. The van der Waals surface area contributed by atoms with E-state index in [1.54, 1.807) is 13.8 Å². The van der Waals surface area contributed by atoms with E-state index in [0.717, 1.165) is 62.4 Å². The molecule has 0 aliphatic carbocycles. The Morgan fingerprint density at radius 3 is 1.26 bits per heavy atom. The number of aryl methyl sites for hydroxylation is 2. The van der Waals surface area contributed by atoms with Gasteiger partial charge in [0.25, 0.3) is 23.6 Å². The van der Waals surface area contributed by atoms with E-state index in [1.165, 1.54) is 24.3 Å². The van der Waals surface area contributed by atoms with Crippen molar-refractivity contribution >= 4 is 116 Å². The number of carbonyl (C=O) groups excluding carboxylic acids is 6. The highest BCUT2D eigenvalue weighted by Crippen LogP contribution is 2.39. The molecule has 0 aliphatic rings. The molecular formula is C46H36Cl4F6N8O6. The minimum absolute atomic E-state index is 0.0779. The molecule has 2 atom stereocenters. The van der Waals surface area contributed by atoms with Crippen LogP contribution < -0.4 is 21.3 Å². The van der Waals surface area contributed by atoms with Gasteiger partial charge in [-0.1, -0.05) is 60.3 Å². The third-order valence-electron chi connectivity index (χ3n) is 9.78. The van der Waals surface area contributed by atoms with Gasteiger partial charge in [-0.2, -0.15) is 46.8 Å². The number of carbonyl (C=O) groups is 6. The van der Waals surface area contributed by atoms with Crippen molar-refractivity contribution in [2.45, 2.75) is 65.0 Å². The van der Waals surface area contributed by atoms with Gasteiger partial charge in [-0.15, -0.1) is 0 Å². The summed E-state index contributed by atoms with van der Waals surface area (Å²) in [7, 11) is 0. The van der Waals surface area contributed by atoms with Gasteiger partial charge in [0.05, 0.1) is 33.9 Å². The van der Waals surface area contributed by atoms with Crippen molar-refractivity contribution in [3.8, 4) is 0 Å². The van der Waals surface area contributed by atoms with E-state index in [2.05, 4.69) is 41.7 Å². The van der Waals surface area contributed by atoms with Crippen LogP contribution in [0, 0.1) is 0 Å². The van der Waals surface area contributed by atoms with Crippen LogP contribution in [-0.4, -0.2) is 47.3 Å². The Hall–Kier alpha value is -6.74. The van der Waals surface area contributed by atoms with Crippen molar-refractivity contribution in [1.29, 1.82) is 0 Å². The fourth-order valence-corrected chi connectivity index (χ4v) is 7.28. The fourth-order valence-electron chi connectivity index (χ4n) is 6.48. The largest absolute Gasteiger partial charge is 0.418 e. The first-order valence-corrected chi connectivity index (χ1v) is 21.9. The van der Waals surface area contributed by atoms with Crippen LogP contribution in [0.15, 0.2) is 105 Å². The number of hydrogen-bond donors (Lipinski definition) is 4. The van der Waals surface area contributed by atoms with E-state index in [1.807, 2.05) is 0 Å². The number of benzene rings is 5. The van der Waals surface area contributed by atoms with Gasteiger partial charge in [0.2, 0.25) is 12.1 Å². The average Bonchev–Trinajstić information content (AvgIpc) is 3.26. The normalized spacial score (nSPS) is 12.7. The predicted octanol–water partition coefficient (Wildman–Crippen LogP) is 13.3. The van der Waals surface area contributed by atoms with Crippen molar-refractivity contribution in [1.82, 2.24) is 0 Å². The number of halogens is 10. The second-order valence-electron chi connectivity index (χ2n) is 15.0. The molecule has 4 amide bonds. The lowest BCUT2D eigenvalue weighted by molar-refractivity contribution is -0.137. The zero-order valence-corrected chi connectivity index (χ0v) is 39.7. The zero-order valence-electron chi connectivity index (χ0n) is 36.7. The van der Waals surface area contributed by atoms with Crippen LogP contribution in [0.4, 0.5) is 60.5 Å². The maximum atomic E-state index is 13.6. The summed E-state index contributed by atoms with van der Waals surface area (Å²) in [6.07, 6.45) is -9.17. The van der Waals surface area contributed by atoms with E-state index in [-0.39, 0.29) is 66.8 Å². The quantitative estimate of drug-likeness (QED) is 0.0430. The highest BCUT2D eigenvalue weighted by molar-refractivity contribution is 6.32. The lowest BCUT2D eigenvalue weighted by Crippen LogP contribution is -2.33. The number of hydrogen-bond acceptors (Lipinski definition) is 10. The van der Waals surface area contributed by atoms with Gasteiger partial charge in [-0.25, -0.2) is 0 Å². The standard InChI is InChI=1S/C46H36Cl4F6N8O6/c1-5-23-13-31(57-43(69)38(21(3)65)63-61-32-15-25(11-29(49)17-32)41(67)58-36-9-7-27(47)19-34(36)45(51,52)53)14-24(6-2)40(23)60-44(70)39(22(4)66)64-62-33-16-26(12-30(50)18-33)42(68)59-37-10-8-28(48)20-35(37)46(54,55)56/h7-20,38-39H,5-6H2,1-4H3,(H,57,69)(H,58,67)(H,59,68)(H,60,70). The molecule has 0 saturated carbocycles. The summed E-state index contributed by atoms with van der Waals surface area (Å²) in [6.45, 7) is 5.62. The molecule has 0 bridgehead atoms. The molecule has 2 unspecified atom stereocenters. The molecule has 24 heteroatoms. The van der Waals surface area contributed by atoms with Gasteiger partial charge in [-0.05, 0) is 123 Å². The van der Waals surface area contributed by atoms with Crippen LogP contribution in [0.3, 0.4) is 0 Å². The van der Waals surface area contributed by atoms with Crippen LogP contribution >= 0.6 is 46.4 Å². The van der Waals surface area contributed by atoms with Gasteiger partial charge in [-0.3, -0.25) is 28.8 Å². The second kappa shape index (κ2) is 22.8. The molecule has 14 nitrogen and oxygen atoms in total. The van der Waals surface area contributed by atoms with E-state index < -0.39 is 82.1 Å². The molecule has 0 spiro atoms. The van der Waals surface area contributed by atoms with Crippen molar-refractivity contribution in [3.05, 3.63) is 138 Å². The number of ketones is 2. The summed E-state index contributed by atoms with van der Waals surface area (Å²) < 4.78 is 81.8. The van der Waals surface area contributed by atoms with Gasteiger partial charge >= 0.3 is 12.4 Å². The van der Waals surface area contributed by atoms with Crippen LogP contribution in [0.25, 0.3) is 0 Å². The molecule has 4 N–H and O–H groups in total. The van der Waals surface area contributed by atoms with Gasteiger partial charge < -0.3 is 21.3 Å². The zero-order chi connectivity index (χ0) is 51.8. The summed E-state index contributed by atoms with van der Waals surface area (Å²) >= 11 is 23.8. The van der Waals surface area contributed by atoms with E-state index >= 15 is 0 Å². The first-order valence-electron chi connectivity index (χ1n) is 20.3. The number of amides is 4. The van der Waals surface area contributed by atoms with Crippen LogP contribution in [0.1, 0.15) is 70.7 Å². The van der Waals surface area contributed by atoms with E-state index in [0.29, 0.717) is 23.3 Å². The predicted molar refractivity (Wildman–Crippen MR) is 252 cm³/mol. The molecule has 0 heterocycles. The molecule has 0 radical (unpaired) electrons. The molecule has 0 saturated heterocycles. The average molecular weight is 1050 g/mol. The summed E-state index contributed by atoms with van der Waals surface area (Å²) in [5.41, 5.74) is -2.91. The number of rotatable bonds is 16. The topological polar surface area (TPSA) is 200 Å². The monoisotopic (exact) mass is 1050 g/mol. The molecule has 70 heavy (non-hydrogen) atoms. The molecule has 0 aliphatic heterocycles. The number of alkyl halides is 6. The maximum absolute atomic E-state index is 13.6. The number of Topliss-reactive ketones (excluding diaryl/α,β-unsaturated/α-hetero) is 2. The van der Waals surface area contributed by atoms with Gasteiger partial charge in [0, 0.05) is 42.6 Å². The third kappa shape index (κ3) is 14.2. The Balaban J connectivity index is 1.32. The minimum Gasteiger partial charge on any atom is -0.324 e. The lowest BCUT2D eigenvalue weighted by Gasteiger charge is -2.19. The molecule has 366 valence electrons. The molecular weight excluding hydrogens is 1020 g/mol. The second-order valence-corrected chi connectivity index (χ2v) is 16.7.